The predicted octanol–water partition coefficient (Wildman–Crippen LogP) is 2.91. The van der Waals surface area contributed by atoms with Crippen LogP contribution in [-0.4, -0.2) is 67.9 Å². The summed E-state index contributed by atoms with van der Waals surface area (Å²) in [5.41, 5.74) is 2.93. The summed E-state index contributed by atoms with van der Waals surface area (Å²) in [7, 11) is 0. The summed E-state index contributed by atoms with van der Waals surface area (Å²) in [6, 6.07) is 12.0. The molecular weight excluding hydrogens is 364 g/mol. The van der Waals surface area contributed by atoms with Crippen molar-refractivity contribution < 1.29 is 4.79 Å². The van der Waals surface area contributed by atoms with E-state index in [0.717, 1.165) is 37.1 Å². The van der Waals surface area contributed by atoms with Crippen LogP contribution in [0.15, 0.2) is 42.6 Å². The summed E-state index contributed by atoms with van der Waals surface area (Å²) in [5, 5.41) is 8.38. The number of rotatable bonds is 3. The standard InChI is InChI=1S/C22H26N6O/c29-22(27-14-9-18(10-15-27)26-12-2-1-3-13-26)17-6-4-7-19(16-17)28-21-20(24-25-28)8-5-11-23-21/h4-8,11,16,18H,1-3,9-10,12-15H2. The van der Waals surface area contributed by atoms with Gasteiger partial charge in [-0.2, -0.15) is 4.68 Å². The molecule has 7 heteroatoms. The van der Waals surface area contributed by atoms with Crippen LogP contribution in [-0.2, 0) is 0 Å². The lowest BCUT2D eigenvalue weighted by molar-refractivity contribution is 0.0590. The molecule has 2 saturated heterocycles. The van der Waals surface area contributed by atoms with Crippen LogP contribution in [0.25, 0.3) is 16.9 Å². The maximum absolute atomic E-state index is 13.1. The Kier molecular flexibility index (Phi) is 4.97. The van der Waals surface area contributed by atoms with Gasteiger partial charge in [-0.25, -0.2) is 4.98 Å². The number of fused-ring (bicyclic) bond motifs is 1. The second-order valence-electron chi connectivity index (χ2n) is 8.02. The quantitative estimate of drug-likeness (QED) is 0.688. The van der Waals surface area contributed by atoms with Gasteiger partial charge in [0.2, 0.25) is 0 Å². The smallest absolute Gasteiger partial charge is 0.253 e. The lowest BCUT2D eigenvalue weighted by Gasteiger charge is -2.40. The normalized spacial score (nSPS) is 19.0. The van der Waals surface area contributed by atoms with Gasteiger partial charge in [0.05, 0.1) is 5.69 Å². The lowest BCUT2D eigenvalue weighted by atomic mass is 9.99. The van der Waals surface area contributed by atoms with Crippen molar-refractivity contribution in [3.05, 3.63) is 48.2 Å². The number of nitrogens with zero attached hydrogens (tertiary/aromatic N) is 6. The van der Waals surface area contributed by atoms with Crippen molar-refractivity contribution in [2.75, 3.05) is 26.2 Å². The van der Waals surface area contributed by atoms with E-state index >= 15 is 0 Å². The fourth-order valence-corrected chi connectivity index (χ4v) is 4.61. The molecule has 29 heavy (non-hydrogen) atoms. The van der Waals surface area contributed by atoms with Gasteiger partial charge in [-0.05, 0) is 69.1 Å². The molecule has 2 fully saturated rings. The summed E-state index contributed by atoms with van der Waals surface area (Å²) in [6.45, 7) is 4.11. The van der Waals surface area contributed by atoms with Crippen LogP contribution in [0.3, 0.4) is 0 Å². The van der Waals surface area contributed by atoms with Crippen LogP contribution < -0.4 is 0 Å². The van der Waals surface area contributed by atoms with Crippen LogP contribution in [0.2, 0.25) is 0 Å². The number of carbonyl (C=O) groups is 1. The van der Waals surface area contributed by atoms with Crippen molar-refractivity contribution in [1.29, 1.82) is 0 Å². The average molecular weight is 390 g/mol. The zero-order chi connectivity index (χ0) is 19.6. The third kappa shape index (κ3) is 3.62. The summed E-state index contributed by atoms with van der Waals surface area (Å²) in [4.78, 5) is 22.1. The molecule has 4 heterocycles. The van der Waals surface area contributed by atoms with Crippen molar-refractivity contribution in [1.82, 2.24) is 29.8 Å². The van der Waals surface area contributed by atoms with E-state index < -0.39 is 0 Å². The molecule has 0 aliphatic carbocycles. The zero-order valence-corrected chi connectivity index (χ0v) is 16.6. The molecule has 1 aromatic carbocycles. The van der Waals surface area contributed by atoms with Gasteiger partial charge in [-0.3, -0.25) is 4.79 Å². The highest BCUT2D eigenvalue weighted by Gasteiger charge is 2.28. The molecule has 0 spiro atoms. The minimum Gasteiger partial charge on any atom is -0.339 e. The van der Waals surface area contributed by atoms with Gasteiger partial charge in [-0.15, -0.1) is 5.10 Å². The first kappa shape index (κ1) is 18.2. The van der Waals surface area contributed by atoms with Gasteiger partial charge in [-0.1, -0.05) is 17.7 Å². The van der Waals surface area contributed by atoms with E-state index in [-0.39, 0.29) is 5.91 Å². The van der Waals surface area contributed by atoms with Crippen LogP contribution in [0, 0.1) is 0 Å². The molecule has 3 aromatic rings. The highest BCUT2D eigenvalue weighted by Crippen LogP contribution is 2.23. The van der Waals surface area contributed by atoms with Gasteiger partial charge < -0.3 is 9.80 Å². The van der Waals surface area contributed by atoms with E-state index in [9.17, 15) is 4.79 Å². The number of benzene rings is 1. The second kappa shape index (κ2) is 7.91. The third-order valence-corrected chi connectivity index (χ3v) is 6.21. The maximum Gasteiger partial charge on any atom is 0.253 e. The molecule has 150 valence electrons. The molecule has 1 amide bonds. The SMILES string of the molecule is O=C(c1cccc(-n2nnc3cccnc32)c1)N1CCC(N2CCCCC2)CC1. The van der Waals surface area contributed by atoms with Gasteiger partial charge in [0.1, 0.15) is 5.52 Å². The average Bonchev–Trinajstić information content (AvgIpc) is 3.24. The highest BCUT2D eigenvalue weighted by atomic mass is 16.2. The topological polar surface area (TPSA) is 67.2 Å². The van der Waals surface area contributed by atoms with E-state index in [0.29, 0.717) is 17.3 Å². The van der Waals surface area contributed by atoms with E-state index in [2.05, 4.69) is 20.2 Å². The Hall–Kier alpha value is -2.80. The van der Waals surface area contributed by atoms with E-state index in [1.807, 2.05) is 41.3 Å². The number of pyridine rings is 1. The Morgan fingerprint density at radius 2 is 1.79 bits per heavy atom. The molecule has 2 aliphatic heterocycles. The van der Waals surface area contributed by atoms with Crippen molar-refractivity contribution in [2.24, 2.45) is 0 Å². The zero-order valence-electron chi connectivity index (χ0n) is 16.6. The summed E-state index contributed by atoms with van der Waals surface area (Å²) >= 11 is 0. The van der Waals surface area contributed by atoms with E-state index in [4.69, 9.17) is 0 Å². The van der Waals surface area contributed by atoms with E-state index in [1.165, 1.54) is 32.4 Å². The number of hydrogen-bond donors (Lipinski definition) is 0. The number of amides is 1. The molecule has 2 aromatic heterocycles. The first-order chi connectivity index (χ1) is 14.3. The minimum atomic E-state index is 0.0984. The van der Waals surface area contributed by atoms with Crippen LogP contribution in [0.5, 0.6) is 0 Å². The predicted molar refractivity (Wildman–Crippen MR) is 111 cm³/mol. The Morgan fingerprint density at radius 1 is 0.966 bits per heavy atom. The van der Waals surface area contributed by atoms with Crippen molar-refractivity contribution >= 4 is 17.1 Å². The first-order valence-electron chi connectivity index (χ1n) is 10.6. The molecular formula is C22H26N6O. The van der Waals surface area contributed by atoms with Crippen molar-refractivity contribution in [3.8, 4) is 5.69 Å². The summed E-state index contributed by atoms with van der Waals surface area (Å²) < 4.78 is 1.69. The molecule has 5 rings (SSSR count). The summed E-state index contributed by atoms with van der Waals surface area (Å²) in [5.74, 6) is 0.0984. The van der Waals surface area contributed by atoms with Gasteiger partial charge in [0.15, 0.2) is 5.65 Å². The van der Waals surface area contributed by atoms with Gasteiger partial charge in [0.25, 0.3) is 5.91 Å². The summed E-state index contributed by atoms with van der Waals surface area (Å²) in [6.07, 6.45) is 7.87. The molecule has 0 radical (unpaired) electrons. The number of likely N-dealkylation sites (tertiary alicyclic amines) is 2. The Bertz CT molecular complexity index is 1000. The number of aromatic nitrogens is 4. The first-order valence-corrected chi connectivity index (χ1v) is 10.6. The Morgan fingerprint density at radius 3 is 2.62 bits per heavy atom. The highest BCUT2D eigenvalue weighted by molar-refractivity contribution is 5.95. The fraction of sp³-hybridized carbons (Fsp3) is 0.455. The molecule has 7 nitrogen and oxygen atoms in total. The van der Waals surface area contributed by atoms with Gasteiger partial charge in [0, 0.05) is 30.9 Å². The Balaban J connectivity index is 1.30. The third-order valence-electron chi connectivity index (χ3n) is 6.21. The molecule has 0 saturated carbocycles. The second-order valence-corrected chi connectivity index (χ2v) is 8.02. The van der Waals surface area contributed by atoms with Crippen molar-refractivity contribution in [3.63, 3.8) is 0 Å². The Labute approximate surface area is 170 Å². The number of carbonyl (C=O) groups excluding carboxylic acids is 1. The number of piperidine rings is 2. The molecule has 0 atom stereocenters. The lowest BCUT2D eigenvalue weighted by Crippen LogP contribution is -2.48. The van der Waals surface area contributed by atoms with Crippen molar-refractivity contribution in [2.45, 2.75) is 38.1 Å². The minimum absolute atomic E-state index is 0.0984. The van der Waals surface area contributed by atoms with Crippen LogP contribution in [0.1, 0.15) is 42.5 Å². The van der Waals surface area contributed by atoms with Crippen LogP contribution >= 0.6 is 0 Å². The largest absolute Gasteiger partial charge is 0.339 e. The molecule has 0 N–H and O–H groups in total. The fourth-order valence-electron chi connectivity index (χ4n) is 4.61. The van der Waals surface area contributed by atoms with E-state index in [1.54, 1.807) is 10.9 Å². The molecule has 0 unspecified atom stereocenters. The molecule has 2 aliphatic rings. The van der Waals surface area contributed by atoms with Crippen LogP contribution in [0.4, 0.5) is 0 Å². The molecule has 0 bridgehead atoms. The maximum atomic E-state index is 13.1. The monoisotopic (exact) mass is 390 g/mol. The van der Waals surface area contributed by atoms with Gasteiger partial charge >= 0.3 is 0 Å². The number of hydrogen-bond acceptors (Lipinski definition) is 5.